The van der Waals surface area contributed by atoms with Crippen LogP contribution >= 0.6 is 0 Å². The summed E-state index contributed by atoms with van der Waals surface area (Å²) in [7, 11) is 0. The van der Waals surface area contributed by atoms with Crippen LogP contribution in [0.15, 0.2) is 12.1 Å². The number of amides is 1. The molecule has 1 saturated heterocycles. The fraction of sp³-hybridized carbons (Fsp3) is 0.417. The number of carbonyl (C=O) groups is 1. The van der Waals surface area contributed by atoms with Crippen molar-refractivity contribution in [1.82, 2.24) is 5.32 Å². The largest absolute Gasteiger partial charge is 0.376 e. The molecule has 1 aliphatic heterocycles. The molecule has 8 heteroatoms. The van der Waals surface area contributed by atoms with Crippen molar-refractivity contribution >= 4 is 11.6 Å². The van der Waals surface area contributed by atoms with Crippen LogP contribution in [0.25, 0.3) is 0 Å². The Hall–Kier alpha value is -2.09. The predicted molar refractivity (Wildman–Crippen MR) is 64.3 cm³/mol. The van der Waals surface area contributed by atoms with Crippen LogP contribution in [0.3, 0.4) is 0 Å². The number of benzene rings is 1. The molecule has 1 aromatic carbocycles. The Morgan fingerprint density at radius 3 is 2.70 bits per heavy atom. The fourth-order valence-corrected chi connectivity index (χ4v) is 2.02. The Balaban J connectivity index is 2.22. The number of hydrogen-bond acceptors (Lipinski definition) is 4. The first-order valence-corrected chi connectivity index (χ1v) is 5.96. The number of hydrogen-bond donors (Lipinski definition) is 1. The van der Waals surface area contributed by atoms with Crippen molar-refractivity contribution in [2.75, 3.05) is 6.61 Å². The molecule has 108 valence electrons. The van der Waals surface area contributed by atoms with E-state index in [0.717, 1.165) is 0 Å². The van der Waals surface area contributed by atoms with Gasteiger partial charge in [-0.3, -0.25) is 14.9 Å². The molecule has 0 aromatic heterocycles. The van der Waals surface area contributed by atoms with Gasteiger partial charge in [0.1, 0.15) is 5.82 Å². The van der Waals surface area contributed by atoms with Crippen LogP contribution in [0, 0.1) is 21.7 Å². The highest BCUT2D eigenvalue weighted by atomic mass is 19.1. The second kappa shape index (κ2) is 5.49. The highest BCUT2D eigenvalue weighted by Gasteiger charge is 2.28. The highest BCUT2D eigenvalue weighted by molar-refractivity contribution is 5.95. The molecule has 0 bridgehead atoms. The number of halogens is 2. The van der Waals surface area contributed by atoms with Crippen LogP contribution in [0.4, 0.5) is 14.5 Å². The lowest BCUT2D eigenvalue weighted by Crippen LogP contribution is -2.39. The minimum absolute atomic E-state index is 0.218. The highest BCUT2D eigenvalue weighted by Crippen LogP contribution is 2.22. The van der Waals surface area contributed by atoms with Crippen LogP contribution in [-0.4, -0.2) is 29.6 Å². The van der Waals surface area contributed by atoms with E-state index < -0.39 is 33.7 Å². The third-order valence-electron chi connectivity index (χ3n) is 3.17. The van der Waals surface area contributed by atoms with Gasteiger partial charge in [0, 0.05) is 6.61 Å². The third-order valence-corrected chi connectivity index (χ3v) is 3.17. The number of nitrogens with one attached hydrogen (secondary N) is 1. The summed E-state index contributed by atoms with van der Waals surface area (Å²) < 4.78 is 32.3. The maximum absolute atomic E-state index is 13.6. The molecule has 1 aliphatic rings. The van der Waals surface area contributed by atoms with Crippen molar-refractivity contribution in [1.29, 1.82) is 0 Å². The van der Waals surface area contributed by atoms with E-state index in [1.54, 1.807) is 6.92 Å². The van der Waals surface area contributed by atoms with Gasteiger partial charge in [-0.1, -0.05) is 0 Å². The molecule has 1 aromatic rings. The Bertz CT molecular complexity index is 565. The van der Waals surface area contributed by atoms with Gasteiger partial charge in [0.15, 0.2) is 0 Å². The van der Waals surface area contributed by atoms with Crippen LogP contribution in [0.1, 0.15) is 23.7 Å². The molecule has 0 aliphatic carbocycles. The van der Waals surface area contributed by atoms with Gasteiger partial charge in [-0.15, -0.1) is 0 Å². The number of carbonyl (C=O) groups excluding carboxylic acids is 1. The third kappa shape index (κ3) is 2.74. The molecule has 0 radical (unpaired) electrons. The van der Waals surface area contributed by atoms with Crippen LogP contribution in [0.5, 0.6) is 0 Å². The number of rotatable bonds is 3. The van der Waals surface area contributed by atoms with E-state index >= 15 is 0 Å². The number of nitro groups is 1. The zero-order valence-corrected chi connectivity index (χ0v) is 10.6. The van der Waals surface area contributed by atoms with Crippen molar-refractivity contribution in [3.8, 4) is 0 Å². The SMILES string of the molecule is CC1OCCC1NC(=O)c1cc(F)c([N+](=O)[O-])cc1F. The van der Waals surface area contributed by atoms with Gasteiger partial charge in [-0.05, 0) is 19.4 Å². The molecule has 1 heterocycles. The molecular formula is C12H12F2N2O4. The molecule has 0 saturated carbocycles. The first-order chi connectivity index (χ1) is 9.40. The van der Waals surface area contributed by atoms with E-state index in [4.69, 9.17) is 4.74 Å². The summed E-state index contributed by atoms with van der Waals surface area (Å²) in [6.45, 7) is 2.23. The smallest absolute Gasteiger partial charge is 0.307 e. The van der Waals surface area contributed by atoms with Crippen molar-refractivity contribution in [2.24, 2.45) is 0 Å². The Morgan fingerprint density at radius 1 is 1.45 bits per heavy atom. The molecule has 6 nitrogen and oxygen atoms in total. The van der Waals surface area contributed by atoms with Gasteiger partial charge in [-0.25, -0.2) is 4.39 Å². The van der Waals surface area contributed by atoms with E-state index in [-0.39, 0.29) is 12.1 Å². The van der Waals surface area contributed by atoms with Gasteiger partial charge >= 0.3 is 5.69 Å². The van der Waals surface area contributed by atoms with Crippen molar-refractivity contribution in [3.63, 3.8) is 0 Å². The molecule has 0 spiro atoms. The van der Waals surface area contributed by atoms with Crippen LogP contribution in [0.2, 0.25) is 0 Å². The maximum Gasteiger partial charge on any atom is 0.307 e. The second-order valence-electron chi connectivity index (χ2n) is 4.49. The average molecular weight is 286 g/mol. The lowest BCUT2D eigenvalue weighted by Gasteiger charge is -2.16. The fourth-order valence-electron chi connectivity index (χ4n) is 2.02. The monoisotopic (exact) mass is 286 g/mol. The minimum atomic E-state index is -1.25. The predicted octanol–water partition coefficient (Wildman–Crippen LogP) is 1.78. The average Bonchev–Trinajstić information content (AvgIpc) is 2.77. The molecule has 1 fully saturated rings. The van der Waals surface area contributed by atoms with Gasteiger partial charge in [0.2, 0.25) is 5.82 Å². The molecule has 1 amide bonds. The normalized spacial score (nSPS) is 21.8. The number of ether oxygens (including phenoxy) is 1. The lowest BCUT2D eigenvalue weighted by atomic mass is 10.1. The molecule has 2 atom stereocenters. The van der Waals surface area contributed by atoms with E-state index in [0.29, 0.717) is 25.2 Å². The molecule has 2 unspecified atom stereocenters. The summed E-state index contributed by atoms with van der Waals surface area (Å²) in [5.74, 6) is -3.21. The molecular weight excluding hydrogens is 274 g/mol. The lowest BCUT2D eigenvalue weighted by molar-refractivity contribution is -0.387. The summed E-state index contributed by atoms with van der Waals surface area (Å²) in [4.78, 5) is 21.3. The summed E-state index contributed by atoms with van der Waals surface area (Å²) in [5, 5.41) is 13.0. The van der Waals surface area contributed by atoms with Gasteiger partial charge in [-0.2, -0.15) is 4.39 Å². The van der Waals surface area contributed by atoms with E-state index in [2.05, 4.69) is 5.32 Å². The Labute approximate surface area is 112 Å². The zero-order valence-electron chi connectivity index (χ0n) is 10.6. The summed E-state index contributed by atoms with van der Waals surface area (Å²) in [5.41, 5.74) is -1.57. The van der Waals surface area contributed by atoms with Gasteiger partial charge in [0.05, 0.1) is 28.7 Å². The topological polar surface area (TPSA) is 81.5 Å². The van der Waals surface area contributed by atoms with E-state index in [1.165, 1.54) is 0 Å². The molecule has 2 rings (SSSR count). The van der Waals surface area contributed by atoms with E-state index in [1.807, 2.05) is 0 Å². The molecule has 1 N–H and O–H groups in total. The van der Waals surface area contributed by atoms with Crippen molar-refractivity contribution < 1.29 is 23.2 Å². The summed E-state index contributed by atoms with van der Waals surface area (Å²) >= 11 is 0. The van der Waals surface area contributed by atoms with Crippen molar-refractivity contribution in [3.05, 3.63) is 39.4 Å². The summed E-state index contributed by atoms with van der Waals surface area (Å²) in [6.07, 6.45) is 0.356. The van der Waals surface area contributed by atoms with Crippen molar-refractivity contribution in [2.45, 2.75) is 25.5 Å². The van der Waals surface area contributed by atoms with Gasteiger partial charge < -0.3 is 10.1 Å². The Morgan fingerprint density at radius 2 is 2.15 bits per heavy atom. The van der Waals surface area contributed by atoms with E-state index in [9.17, 15) is 23.7 Å². The summed E-state index contributed by atoms with van der Waals surface area (Å²) in [6, 6.07) is 0.641. The second-order valence-corrected chi connectivity index (χ2v) is 4.49. The minimum Gasteiger partial charge on any atom is -0.376 e. The number of nitro benzene ring substituents is 1. The van der Waals surface area contributed by atoms with Crippen LogP contribution < -0.4 is 5.32 Å². The van der Waals surface area contributed by atoms with Crippen LogP contribution in [-0.2, 0) is 4.74 Å². The Kier molecular flexibility index (Phi) is 3.93. The first-order valence-electron chi connectivity index (χ1n) is 5.96. The zero-order chi connectivity index (χ0) is 14.9. The first kappa shape index (κ1) is 14.3. The van der Waals surface area contributed by atoms with Gasteiger partial charge in [0.25, 0.3) is 5.91 Å². The standard InChI is InChI=1S/C12H12F2N2O4/c1-6-10(2-3-20-6)15-12(17)7-4-9(14)11(16(18)19)5-8(7)13/h4-6,10H,2-3H2,1H3,(H,15,17). The maximum atomic E-state index is 13.6. The molecule has 20 heavy (non-hydrogen) atoms. The number of nitrogens with zero attached hydrogens (tertiary/aromatic N) is 1. The quantitative estimate of drug-likeness (QED) is 0.678.